The van der Waals surface area contributed by atoms with Crippen LogP contribution in [0.4, 0.5) is 8.78 Å². The summed E-state index contributed by atoms with van der Waals surface area (Å²) in [7, 11) is 0. The summed E-state index contributed by atoms with van der Waals surface area (Å²) < 4.78 is 25.8. The summed E-state index contributed by atoms with van der Waals surface area (Å²) in [6, 6.07) is 3.56. The number of halogens is 3. The van der Waals surface area contributed by atoms with Gasteiger partial charge in [0.1, 0.15) is 11.6 Å². The summed E-state index contributed by atoms with van der Waals surface area (Å²) in [5, 5.41) is 3.09. The molecule has 0 aromatic heterocycles. The molecular weight excluding hydrogens is 220 g/mol. The van der Waals surface area contributed by atoms with Crippen molar-refractivity contribution < 1.29 is 8.78 Å². The first-order chi connectivity index (χ1) is 6.94. The van der Waals surface area contributed by atoms with E-state index in [0.717, 1.165) is 6.07 Å². The van der Waals surface area contributed by atoms with E-state index in [2.05, 4.69) is 5.32 Å². The maximum atomic E-state index is 13.2. The number of rotatable bonds is 4. The van der Waals surface area contributed by atoms with Gasteiger partial charge in [-0.1, -0.05) is 6.07 Å². The van der Waals surface area contributed by atoms with Crippen LogP contribution in [0.15, 0.2) is 18.2 Å². The van der Waals surface area contributed by atoms with E-state index < -0.39 is 11.6 Å². The number of nitrogens with one attached hydrogen (secondary N) is 1. The molecule has 1 nitrogen and oxygen atoms in total. The standard InChI is InChI=1S/C11H14ClF2N/c1-11(2,7-12)15-6-8-3-4-9(13)5-10(8)14/h3-5,15H,6-7H2,1-2H3. The fourth-order valence-electron chi connectivity index (χ4n) is 1.05. The van der Waals surface area contributed by atoms with Gasteiger partial charge in [-0.2, -0.15) is 0 Å². The van der Waals surface area contributed by atoms with Crippen molar-refractivity contribution in [1.82, 2.24) is 5.32 Å². The molecule has 1 N–H and O–H groups in total. The lowest BCUT2D eigenvalue weighted by Gasteiger charge is -2.23. The molecule has 0 amide bonds. The number of hydrogen-bond acceptors (Lipinski definition) is 1. The highest BCUT2D eigenvalue weighted by atomic mass is 35.5. The van der Waals surface area contributed by atoms with Crippen molar-refractivity contribution in [2.24, 2.45) is 0 Å². The molecule has 0 saturated heterocycles. The highest BCUT2D eigenvalue weighted by molar-refractivity contribution is 6.18. The molecule has 0 radical (unpaired) electrons. The monoisotopic (exact) mass is 233 g/mol. The minimum absolute atomic E-state index is 0.262. The lowest BCUT2D eigenvalue weighted by Crippen LogP contribution is -2.40. The van der Waals surface area contributed by atoms with E-state index >= 15 is 0 Å². The van der Waals surface area contributed by atoms with E-state index in [9.17, 15) is 8.78 Å². The highest BCUT2D eigenvalue weighted by Gasteiger charge is 2.15. The van der Waals surface area contributed by atoms with Gasteiger partial charge in [-0.05, 0) is 19.9 Å². The molecule has 0 aliphatic heterocycles. The fraction of sp³-hybridized carbons (Fsp3) is 0.455. The quantitative estimate of drug-likeness (QED) is 0.789. The Morgan fingerprint density at radius 2 is 2.00 bits per heavy atom. The number of alkyl halides is 1. The lowest BCUT2D eigenvalue weighted by molar-refractivity contribution is 0.423. The molecule has 0 aliphatic carbocycles. The Balaban J connectivity index is 2.66. The van der Waals surface area contributed by atoms with Gasteiger partial charge in [0, 0.05) is 29.6 Å². The van der Waals surface area contributed by atoms with Gasteiger partial charge in [0.05, 0.1) is 0 Å². The normalized spacial score (nSPS) is 11.8. The third-order valence-electron chi connectivity index (χ3n) is 2.11. The summed E-state index contributed by atoms with van der Waals surface area (Å²) in [5.74, 6) is -0.670. The lowest BCUT2D eigenvalue weighted by atomic mass is 10.1. The zero-order valence-corrected chi connectivity index (χ0v) is 9.54. The largest absolute Gasteiger partial charge is 0.306 e. The molecule has 0 heterocycles. The second-order valence-electron chi connectivity index (χ2n) is 4.11. The molecule has 0 fully saturated rings. The minimum atomic E-state index is -0.562. The number of benzene rings is 1. The molecular formula is C11H14ClF2N. The Hall–Kier alpha value is -0.670. The van der Waals surface area contributed by atoms with E-state index in [1.165, 1.54) is 12.1 Å². The molecule has 0 aliphatic rings. The van der Waals surface area contributed by atoms with Crippen molar-refractivity contribution in [3.63, 3.8) is 0 Å². The highest BCUT2D eigenvalue weighted by Crippen LogP contribution is 2.11. The molecule has 1 rings (SSSR count). The number of hydrogen-bond donors (Lipinski definition) is 1. The van der Waals surface area contributed by atoms with Gasteiger partial charge in [-0.25, -0.2) is 8.78 Å². The summed E-state index contributed by atoms with van der Waals surface area (Å²) in [6.45, 7) is 4.18. The van der Waals surface area contributed by atoms with Crippen molar-refractivity contribution >= 4 is 11.6 Å². The first kappa shape index (κ1) is 12.4. The van der Waals surface area contributed by atoms with Crippen LogP contribution in [0.1, 0.15) is 19.4 Å². The Labute approximate surface area is 93.4 Å². The van der Waals surface area contributed by atoms with Gasteiger partial charge in [-0.15, -0.1) is 11.6 Å². The molecule has 1 aromatic carbocycles. The van der Waals surface area contributed by atoms with E-state index in [-0.39, 0.29) is 5.54 Å². The van der Waals surface area contributed by atoms with Crippen LogP contribution in [0.3, 0.4) is 0 Å². The SMILES string of the molecule is CC(C)(CCl)NCc1ccc(F)cc1F. The summed E-state index contributed by atoms with van der Waals surface area (Å²) in [5.41, 5.74) is 0.178. The molecule has 0 saturated carbocycles. The Kier molecular flexibility index (Phi) is 4.05. The van der Waals surface area contributed by atoms with E-state index in [0.29, 0.717) is 18.0 Å². The Morgan fingerprint density at radius 1 is 1.33 bits per heavy atom. The zero-order chi connectivity index (χ0) is 11.5. The average Bonchev–Trinajstić information content (AvgIpc) is 2.16. The first-order valence-electron chi connectivity index (χ1n) is 4.69. The zero-order valence-electron chi connectivity index (χ0n) is 8.78. The van der Waals surface area contributed by atoms with Gasteiger partial charge < -0.3 is 5.32 Å². The van der Waals surface area contributed by atoms with Crippen LogP contribution in [0.2, 0.25) is 0 Å². The Morgan fingerprint density at radius 3 is 2.53 bits per heavy atom. The van der Waals surface area contributed by atoms with Crippen LogP contribution in [0.25, 0.3) is 0 Å². The maximum absolute atomic E-state index is 13.2. The van der Waals surface area contributed by atoms with Crippen LogP contribution in [-0.2, 0) is 6.54 Å². The second kappa shape index (κ2) is 4.90. The van der Waals surface area contributed by atoms with Gasteiger partial charge in [0.2, 0.25) is 0 Å². The van der Waals surface area contributed by atoms with Crippen LogP contribution < -0.4 is 5.32 Å². The minimum Gasteiger partial charge on any atom is -0.306 e. The molecule has 0 atom stereocenters. The third-order valence-corrected chi connectivity index (χ3v) is 2.77. The van der Waals surface area contributed by atoms with E-state index in [4.69, 9.17) is 11.6 Å². The van der Waals surface area contributed by atoms with Crippen LogP contribution in [0, 0.1) is 11.6 Å². The predicted molar refractivity (Wildman–Crippen MR) is 58.0 cm³/mol. The molecule has 84 valence electrons. The smallest absolute Gasteiger partial charge is 0.130 e. The molecule has 0 bridgehead atoms. The van der Waals surface area contributed by atoms with Crippen LogP contribution in [0.5, 0.6) is 0 Å². The molecule has 0 unspecified atom stereocenters. The van der Waals surface area contributed by atoms with E-state index in [1.54, 1.807) is 0 Å². The van der Waals surface area contributed by atoms with Crippen molar-refractivity contribution in [1.29, 1.82) is 0 Å². The third kappa shape index (κ3) is 3.76. The first-order valence-corrected chi connectivity index (χ1v) is 5.23. The predicted octanol–water partition coefficient (Wildman–Crippen LogP) is 3.07. The Bertz CT molecular complexity index is 339. The molecule has 1 aromatic rings. The van der Waals surface area contributed by atoms with E-state index in [1.807, 2.05) is 13.8 Å². The van der Waals surface area contributed by atoms with Crippen molar-refractivity contribution in [3.8, 4) is 0 Å². The average molecular weight is 234 g/mol. The van der Waals surface area contributed by atoms with Crippen LogP contribution in [-0.4, -0.2) is 11.4 Å². The maximum Gasteiger partial charge on any atom is 0.130 e. The van der Waals surface area contributed by atoms with Gasteiger partial charge in [0.15, 0.2) is 0 Å². The summed E-state index contributed by atoms with van der Waals surface area (Å²) in [4.78, 5) is 0. The molecule has 4 heteroatoms. The summed E-state index contributed by atoms with van der Waals surface area (Å²) in [6.07, 6.45) is 0. The molecule has 15 heavy (non-hydrogen) atoms. The van der Waals surface area contributed by atoms with Gasteiger partial charge >= 0.3 is 0 Å². The van der Waals surface area contributed by atoms with Gasteiger partial charge in [-0.3, -0.25) is 0 Å². The molecule has 0 spiro atoms. The van der Waals surface area contributed by atoms with Crippen LogP contribution >= 0.6 is 11.6 Å². The van der Waals surface area contributed by atoms with Crippen molar-refractivity contribution in [2.45, 2.75) is 25.9 Å². The topological polar surface area (TPSA) is 12.0 Å². The fourth-order valence-corrected chi connectivity index (χ4v) is 1.14. The van der Waals surface area contributed by atoms with Crippen molar-refractivity contribution in [2.75, 3.05) is 5.88 Å². The second-order valence-corrected chi connectivity index (χ2v) is 4.37. The van der Waals surface area contributed by atoms with Gasteiger partial charge in [0.25, 0.3) is 0 Å². The van der Waals surface area contributed by atoms with Crippen molar-refractivity contribution in [3.05, 3.63) is 35.4 Å². The summed E-state index contributed by atoms with van der Waals surface area (Å²) >= 11 is 5.71.